The van der Waals surface area contributed by atoms with Gasteiger partial charge < -0.3 is 10.2 Å². The van der Waals surface area contributed by atoms with Gasteiger partial charge in [-0.15, -0.1) is 0 Å². The number of H-pyrrole nitrogens is 1. The number of rotatable bonds is 6. The Balaban J connectivity index is 1.51. The Morgan fingerprint density at radius 1 is 1.19 bits per heavy atom. The average Bonchev–Trinajstić information content (AvgIpc) is 2.73. The van der Waals surface area contributed by atoms with Crippen LogP contribution in [0, 0.1) is 11.7 Å². The molecule has 1 aliphatic rings. The Morgan fingerprint density at radius 2 is 1.90 bits per heavy atom. The van der Waals surface area contributed by atoms with E-state index in [1.54, 1.807) is 29.2 Å². The van der Waals surface area contributed by atoms with Gasteiger partial charge in [-0.1, -0.05) is 38.1 Å². The van der Waals surface area contributed by atoms with Crippen molar-refractivity contribution in [3.8, 4) is 0 Å². The summed E-state index contributed by atoms with van der Waals surface area (Å²) in [5, 5.41) is 11.5. The zero-order valence-corrected chi connectivity index (χ0v) is 18.0. The standard InChI is InChI=1S/C24H27FN4O2/c1-14(2)15(3)26-17-12-29(13-17)24(31)20-10-16(8-9-21(20)25)11-22-18-6-4-5-7-19(18)23(30)28-27-22/h4-10,14-15,17,26H,11-13H2,1-3H3,(H,28,30)/t15-/m0/s1. The van der Waals surface area contributed by atoms with E-state index in [9.17, 15) is 14.0 Å². The van der Waals surface area contributed by atoms with Crippen molar-refractivity contribution in [3.63, 3.8) is 0 Å². The number of aromatic nitrogens is 2. The largest absolute Gasteiger partial charge is 0.335 e. The number of likely N-dealkylation sites (tertiary alicyclic amines) is 1. The third-order valence-corrected chi connectivity index (χ3v) is 6.08. The van der Waals surface area contributed by atoms with E-state index in [4.69, 9.17) is 0 Å². The summed E-state index contributed by atoms with van der Waals surface area (Å²) in [6, 6.07) is 12.4. The molecule has 3 aromatic rings. The average molecular weight is 423 g/mol. The van der Waals surface area contributed by atoms with Crippen LogP contribution in [0.3, 0.4) is 0 Å². The normalized spacial score (nSPS) is 15.3. The van der Waals surface area contributed by atoms with Gasteiger partial charge in [0.1, 0.15) is 5.82 Å². The van der Waals surface area contributed by atoms with Crippen LogP contribution < -0.4 is 10.9 Å². The zero-order chi connectivity index (χ0) is 22.1. The van der Waals surface area contributed by atoms with Crippen LogP contribution in [-0.4, -0.2) is 46.2 Å². The van der Waals surface area contributed by atoms with Crippen molar-refractivity contribution in [2.24, 2.45) is 5.92 Å². The van der Waals surface area contributed by atoms with E-state index in [1.807, 2.05) is 12.1 Å². The van der Waals surface area contributed by atoms with E-state index in [0.717, 1.165) is 10.9 Å². The van der Waals surface area contributed by atoms with Gasteiger partial charge in [-0.05, 0) is 36.6 Å². The molecule has 0 saturated carbocycles. The Kier molecular flexibility index (Phi) is 5.87. The van der Waals surface area contributed by atoms with Gasteiger partial charge in [0.2, 0.25) is 0 Å². The summed E-state index contributed by atoms with van der Waals surface area (Å²) in [4.78, 5) is 26.5. The van der Waals surface area contributed by atoms with Crippen LogP contribution in [0.4, 0.5) is 4.39 Å². The number of halogens is 1. The summed E-state index contributed by atoms with van der Waals surface area (Å²) in [6.45, 7) is 7.59. The third kappa shape index (κ3) is 4.37. The quantitative estimate of drug-likeness (QED) is 0.640. The molecule has 0 spiro atoms. The molecule has 162 valence electrons. The van der Waals surface area contributed by atoms with E-state index in [0.29, 0.717) is 42.6 Å². The van der Waals surface area contributed by atoms with Crippen LogP contribution in [-0.2, 0) is 6.42 Å². The fourth-order valence-electron chi connectivity index (χ4n) is 3.83. The van der Waals surface area contributed by atoms with Crippen molar-refractivity contribution in [2.45, 2.75) is 39.3 Å². The van der Waals surface area contributed by atoms with Gasteiger partial charge in [0.05, 0.1) is 16.6 Å². The second kappa shape index (κ2) is 8.59. The highest BCUT2D eigenvalue weighted by atomic mass is 19.1. The van der Waals surface area contributed by atoms with Crippen molar-refractivity contribution >= 4 is 16.7 Å². The summed E-state index contributed by atoms with van der Waals surface area (Å²) in [7, 11) is 0. The summed E-state index contributed by atoms with van der Waals surface area (Å²) in [5.74, 6) is -0.314. The number of carbonyl (C=O) groups excluding carboxylic acids is 1. The number of nitrogens with zero attached hydrogens (tertiary/aromatic N) is 2. The number of hydrogen-bond acceptors (Lipinski definition) is 4. The molecule has 0 unspecified atom stereocenters. The lowest BCUT2D eigenvalue weighted by Crippen LogP contribution is -2.62. The van der Waals surface area contributed by atoms with Crippen molar-refractivity contribution in [2.75, 3.05) is 13.1 Å². The molecular weight excluding hydrogens is 395 g/mol. The summed E-state index contributed by atoms with van der Waals surface area (Å²) < 4.78 is 14.5. The first kappa shape index (κ1) is 21.2. The molecule has 1 aromatic heterocycles. The first-order valence-corrected chi connectivity index (χ1v) is 10.6. The molecule has 0 radical (unpaired) electrons. The highest BCUT2D eigenvalue weighted by molar-refractivity contribution is 5.95. The molecular formula is C24H27FN4O2. The highest BCUT2D eigenvalue weighted by Crippen LogP contribution is 2.21. The second-order valence-electron chi connectivity index (χ2n) is 8.64. The Hall–Kier alpha value is -3.06. The highest BCUT2D eigenvalue weighted by Gasteiger charge is 2.33. The SMILES string of the molecule is CC(C)[C@H](C)NC1CN(C(=O)c2cc(Cc3n[nH]c(=O)c4ccccc34)ccc2F)C1. The lowest BCUT2D eigenvalue weighted by molar-refractivity contribution is 0.0541. The molecule has 2 N–H and O–H groups in total. The molecule has 1 amide bonds. The maximum atomic E-state index is 14.5. The third-order valence-electron chi connectivity index (χ3n) is 6.08. The molecule has 4 rings (SSSR count). The van der Waals surface area contributed by atoms with Gasteiger partial charge in [-0.25, -0.2) is 9.49 Å². The number of amides is 1. The molecule has 0 bridgehead atoms. The van der Waals surface area contributed by atoms with E-state index >= 15 is 0 Å². The molecule has 0 aliphatic carbocycles. The minimum Gasteiger partial charge on any atom is -0.335 e. The topological polar surface area (TPSA) is 78.1 Å². The first-order valence-electron chi connectivity index (χ1n) is 10.6. The van der Waals surface area contributed by atoms with Crippen LogP contribution in [0.25, 0.3) is 10.8 Å². The monoisotopic (exact) mass is 422 g/mol. The molecule has 1 aliphatic heterocycles. The van der Waals surface area contributed by atoms with Crippen LogP contribution in [0.5, 0.6) is 0 Å². The number of aromatic amines is 1. The summed E-state index contributed by atoms with van der Waals surface area (Å²) in [6.07, 6.45) is 0.383. The summed E-state index contributed by atoms with van der Waals surface area (Å²) in [5.41, 5.74) is 1.26. The molecule has 1 atom stereocenters. The zero-order valence-electron chi connectivity index (χ0n) is 18.0. The Morgan fingerprint density at radius 3 is 2.61 bits per heavy atom. The van der Waals surface area contributed by atoms with Crippen LogP contribution in [0.1, 0.15) is 42.4 Å². The van der Waals surface area contributed by atoms with Gasteiger partial charge >= 0.3 is 0 Å². The maximum absolute atomic E-state index is 14.5. The number of benzene rings is 2. The Labute approximate surface area is 180 Å². The fourth-order valence-corrected chi connectivity index (χ4v) is 3.83. The molecule has 7 heteroatoms. The van der Waals surface area contributed by atoms with Crippen molar-refractivity contribution in [1.29, 1.82) is 0 Å². The van der Waals surface area contributed by atoms with Crippen LogP contribution >= 0.6 is 0 Å². The van der Waals surface area contributed by atoms with E-state index < -0.39 is 5.82 Å². The lowest BCUT2D eigenvalue weighted by Gasteiger charge is -2.41. The molecule has 2 aromatic carbocycles. The first-order chi connectivity index (χ1) is 14.8. The van der Waals surface area contributed by atoms with Gasteiger partial charge in [-0.2, -0.15) is 5.10 Å². The minimum absolute atomic E-state index is 0.0709. The van der Waals surface area contributed by atoms with Gasteiger partial charge in [-0.3, -0.25) is 9.59 Å². The van der Waals surface area contributed by atoms with Gasteiger partial charge in [0.25, 0.3) is 11.5 Å². The predicted octanol–water partition coefficient (Wildman–Crippen LogP) is 3.11. The predicted molar refractivity (Wildman–Crippen MR) is 119 cm³/mol. The molecule has 1 fully saturated rings. The molecule has 1 saturated heterocycles. The van der Waals surface area contributed by atoms with Gasteiger partial charge in [0, 0.05) is 37.0 Å². The molecule has 6 nitrogen and oxygen atoms in total. The van der Waals surface area contributed by atoms with Crippen molar-refractivity contribution in [1.82, 2.24) is 20.4 Å². The number of hydrogen-bond donors (Lipinski definition) is 2. The van der Waals surface area contributed by atoms with E-state index in [2.05, 4.69) is 36.3 Å². The maximum Gasteiger partial charge on any atom is 0.272 e. The van der Waals surface area contributed by atoms with Crippen LogP contribution in [0.2, 0.25) is 0 Å². The van der Waals surface area contributed by atoms with Crippen molar-refractivity contribution in [3.05, 3.63) is 75.5 Å². The number of fused-ring (bicyclic) bond motifs is 1. The number of nitrogens with one attached hydrogen (secondary N) is 2. The second-order valence-corrected chi connectivity index (χ2v) is 8.64. The van der Waals surface area contributed by atoms with Crippen LogP contribution in [0.15, 0.2) is 47.3 Å². The van der Waals surface area contributed by atoms with Crippen molar-refractivity contribution < 1.29 is 9.18 Å². The van der Waals surface area contributed by atoms with Gasteiger partial charge in [0.15, 0.2) is 0 Å². The fraction of sp³-hybridized carbons (Fsp3) is 0.375. The number of carbonyl (C=O) groups is 1. The molecule has 2 heterocycles. The molecule has 31 heavy (non-hydrogen) atoms. The lowest BCUT2D eigenvalue weighted by atomic mass is 9.99. The summed E-state index contributed by atoms with van der Waals surface area (Å²) >= 11 is 0. The van der Waals surface area contributed by atoms with E-state index in [1.165, 1.54) is 6.07 Å². The smallest absolute Gasteiger partial charge is 0.272 e. The Bertz CT molecular complexity index is 1170. The van der Waals surface area contributed by atoms with E-state index in [-0.39, 0.29) is 23.1 Å². The minimum atomic E-state index is -0.528.